The lowest BCUT2D eigenvalue weighted by Gasteiger charge is -2.33. The lowest BCUT2D eigenvalue weighted by molar-refractivity contribution is 0.187. The number of benzene rings is 1. The Morgan fingerprint density at radius 1 is 1.12 bits per heavy atom. The Labute approximate surface area is 188 Å². The molecule has 0 bridgehead atoms. The minimum Gasteiger partial charge on any atom is -0.469 e. The molecule has 2 aliphatic rings. The lowest BCUT2D eigenvalue weighted by atomic mass is 10.0. The third-order valence-electron chi connectivity index (χ3n) is 6.09. The van der Waals surface area contributed by atoms with Gasteiger partial charge in [0.15, 0.2) is 17.6 Å². The summed E-state index contributed by atoms with van der Waals surface area (Å²) in [6.45, 7) is 5.53. The van der Waals surface area contributed by atoms with Crippen molar-refractivity contribution in [2.75, 3.05) is 39.4 Å². The Balaban J connectivity index is 1.26. The van der Waals surface area contributed by atoms with Crippen LogP contribution in [-0.2, 0) is 17.7 Å². The van der Waals surface area contributed by atoms with Gasteiger partial charge in [0.2, 0.25) is 0 Å². The molecule has 1 unspecified atom stereocenters. The predicted octanol–water partition coefficient (Wildman–Crippen LogP) is 3.34. The summed E-state index contributed by atoms with van der Waals surface area (Å²) in [6, 6.07) is 8.35. The van der Waals surface area contributed by atoms with E-state index in [0.29, 0.717) is 18.5 Å². The van der Waals surface area contributed by atoms with Crippen LogP contribution < -0.4 is 10.6 Å². The van der Waals surface area contributed by atoms with Gasteiger partial charge in [0.05, 0.1) is 12.9 Å². The molecule has 174 valence electrons. The second kappa shape index (κ2) is 11.4. The average Bonchev–Trinajstić information content (AvgIpc) is 3.50. The number of hydrogen-bond donors (Lipinski definition) is 2. The fraction of sp³-hybridized carbons (Fsp3) is 0.542. The molecule has 0 aliphatic carbocycles. The number of likely N-dealkylation sites (tertiary alicyclic amines) is 1. The van der Waals surface area contributed by atoms with E-state index in [1.165, 1.54) is 12.1 Å². The summed E-state index contributed by atoms with van der Waals surface area (Å²) in [7, 11) is 0. The summed E-state index contributed by atoms with van der Waals surface area (Å²) in [5.74, 6) is 0.686. The van der Waals surface area contributed by atoms with Gasteiger partial charge in [0, 0.05) is 57.7 Å². The maximum Gasteiger partial charge on any atom is 0.191 e. The topological polar surface area (TPSA) is 62.0 Å². The molecule has 1 atom stereocenters. The Morgan fingerprint density at radius 3 is 2.72 bits per heavy atom. The van der Waals surface area contributed by atoms with Crippen LogP contribution in [0.3, 0.4) is 0 Å². The van der Waals surface area contributed by atoms with Crippen molar-refractivity contribution in [2.24, 2.45) is 10.9 Å². The first-order valence-corrected chi connectivity index (χ1v) is 11.5. The Kier molecular flexibility index (Phi) is 8.12. The number of furan rings is 1. The molecular weight excluding hydrogens is 414 g/mol. The van der Waals surface area contributed by atoms with Gasteiger partial charge in [-0.15, -0.1) is 0 Å². The van der Waals surface area contributed by atoms with Crippen molar-refractivity contribution in [3.63, 3.8) is 0 Å². The van der Waals surface area contributed by atoms with Crippen molar-refractivity contribution in [3.05, 3.63) is 59.6 Å². The van der Waals surface area contributed by atoms with E-state index in [-0.39, 0.29) is 0 Å². The summed E-state index contributed by atoms with van der Waals surface area (Å²) >= 11 is 0. The molecule has 2 aliphatic heterocycles. The highest BCUT2D eigenvalue weighted by Crippen LogP contribution is 2.16. The zero-order valence-corrected chi connectivity index (χ0v) is 18.4. The molecule has 2 fully saturated rings. The van der Waals surface area contributed by atoms with Gasteiger partial charge in [-0.1, -0.05) is 6.07 Å². The third-order valence-corrected chi connectivity index (χ3v) is 6.09. The predicted molar refractivity (Wildman–Crippen MR) is 119 cm³/mol. The smallest absolute Gasteiger partial charge is 0.191 e. The highest BCUT2D eigenvalue weighted by atomic mass is 19.2. The largest absolute Gasteiger partial charge is 0.469 e. The average molecular weight is 447 g/mol. The summed E-state index contributed by atoms with van der Waals surface area (Å²) < 4.78 is 37.5. The third kappa shape index (κ3) is 6.77. The van der Waals surface area contributed by atoms with Crippen LogP contribution in [0.2, 0.25) is 0 Å². The van der Waals surface area contributed by atoms with Gasteiger partial charge in [0.25, 0.3) is 0 Å². The zero-order chi connectivity index (χ0) is 22.2. The number of rotatable bonds is 8. The Hall–Kier alpha value is -2.45. The summed E-state index contributed by atoms with van der Waals surface area (Å²) in [6.07, 6.45) is 5.49. The number of nitrogens with zero attached hydrogens (tertiary/aromatic N) is 2. The number of hydrogen-bond acceptors (Lipinski definition) is 4. The van der Waals surface area contributed by atoms with E-state index in [9.17, 15) is 8.78 Å². The molecule has 0 radical (unpaired) electrons. The van der Waals surface area contributed by atoms with Crippen LogP contribution >= 0.6 is 0 Å². The molecular formula is C24H32F2N4O2. The van der Waals surface area contributed by atoms with Gasteiger partial charge in [-0.25, -0.2) is 8.78 Å². The highest BCUT2D eigenvalue weighted by Gasteiger charge is 2.21. The van der Waals surface area contributed by atoms with Crippen LogP contribution in [0.25, 0.3) is 0 Å². The zero-order valence-electron chi connectivity index (χ0n) is 18.4. The van der Waals surface area contributed by atoms with Crippen LogP contribution in [0.5, 0.6) is 0 Å². The molecule has 32 heavy (non-hydrogen) atoms. The summed E-state index contributed by atoms with van der Waals surface area (Å²) in [5.41, 5.74) is 0.802. The normalized spacial score (nSPS) is 20.6. The van der Waals surface area contributed by atoms with Gasteiger partial charge < -0.3 is 19.8 Å². The van der Waals surface area contributed by atoms with E-state index in [0.717, 1.165) is 82.4 Å². The molecule has 2 saturated heterocycles. The SMILES string of the molecule is Fc1ccc(CN2CCC(NC(=NCC3CCOC3)NCCc3ccco3)CC2)cc1F. The van der Waals surface area contributed by atoms with Crippen LogP contribution in [-0.4, -0.2) is 56.3 Å². The molecule has 3 heterocycles. The van der Waals surface area contributed by atoms with Gasteiger partial charge in [-0.3, -0.25) is 9.89 Å². The maximum absolute atomic E-state index is 13.5. The number of ether oxygens (including phenoxy) is 1. The maximum atomic E-state index is 13.5. The molecule has 0 spiro atoms. The molecule has 2 aromatic rings. The van der Waals surface area contributed by atoms with Crippen molar-refractivity contribution >= 4 is 5.96 Å². The quantitative estimate of drug-likeness (QED) is 0.481. The van der Waals surface area contributed by atoms with E-state index < -0.39 is 11.6 Å². The monoisotopic (exact) mass is 446 g/mol. The van der Waals surface area contributed by atoms with Gasteiger partial charge in [0.1, 0.15) is 5.76 Å². The van der Waals surface area contributed by atoms with Crippen LogP contribution in [0.1, 0.15) is 30.6 Å². The number of piperidine rings is 1. The highest BCUT2D eigenvalue weighted by molar-refractivity contribution is 5.80. The van der Waals surface area contributed by atoms with Crippen molar-refractivity contribution in [1.82, 2.24) is 15.5 Å². The van der Waals surface area contributed by atoms with Crippen molar-refractivity contribution < 1.29 is 17.9 Å². The first kappa shape index (κ1) is 22.7. The van der Waals surface area contributed by atoms with E-state index in [2.05, 4.69) is 15.5 Å². The first-order chi connectivity index (χ1) is 15.7. The fourth-order valence-corrected chi connectivity index (χ4v) is 4.18. The minimum atomic E-state index is -0.799. The summed E-state index contributed by atoms with van der Waals surface area (Å²) in [5, 5.41) is 7.03. The lowest BCUT2D eigenvalue weighted by Crippen LogP contribution is -2.49. The second-order valence-corrected chi connectivity index (χ2v) is 8.62. The van der Waals surface area contributed by atoms with Crippen LogP contribution in [0.15, 0.2) is 46.0 Å². The summed E-state index contributed by atoms with van der Waals surface area (Å²) in [4.78, 5) is 7.10. The van der Waals surface area contributed by atoms with Crippen molar-refractivity contribution in [1.29, 1.82) is 0 Å². The molecule has 0 saturated carbocycles. The standard InChI is InChI=1S/C24H32F2N4O2/c25-22-4-3-18(14-23(22)26)16-30-10-6-20(7-11-30)29-24(28-15-19-8-13-31-17-19)27-9-5-21-2-1-12-32-21/h1-4,12,14,19-20H,5-11,13,15-17H2,(H2,27,28,29). The van der Waals surface area contributed by atoms with Crippen LogP contribution in [0.4, 0.5) is 8.78 Å². The van der Waals surface area contributed by atoms with E-state index in [1.807, 2.05) is 12.1 Å². The number of aliphatic imine (C=N–C) groups is 1. The van der Waals surface area contributed by atoms with Gasteiger partial charge in [-0.2, -0.15) is 0 Å². The molecule has 6 nitrogen and oxygen atoms in total. The second-order valence-electron chi connectivity index (χ2n) is 8.62. The molecule has 0 amide bonds. The van der Waals surface area contributed by atoms with E-state index >= 15 is 0 Å². The van der Waals surface area contributed by atoms with E-state index in [1.54, 1.807) is 12.3 Å². The molecule has 1 aromatic carbocycles. The Morgan fingerprint density at radius 2 is 2.00 bits per heavy atom. The number of halogens is 2. The van der Waals surface area contributed by atoms with Crippen molar-refractivity contribution in [2.45, 2.75) is 38.3 Å². The molecule has 8 heteroatoms. The first-order valence-electron chi connectivity index (χ1n) is 11.5. The molecule has 4 rings (SSSR count). The molecule has 1 aromatic heterocycles. The number of guanidine groups is 1. The molecule has 2 N–H and O–H groups in total. The Bertz CT molecular complexity index is 861. The fourth-order valence-electron chi connectivity index (χ4n) is 4.18. The van der Waals surface area contributed by atoms with Crippen molar-refractivity contribution in [3.8, 4) is 0 Å². The van der Waals surface area contributed by atoms with Gasteiger partial charge in [-0.05, 0) is 49.1 Å². The van der Waals surface area contributed by atoms with E-state index in [4.69, 9.17) is 14.1 Å². The number of nitrogens with one attached hydrogen (secondary N) is 2. The van der Waals surface area contributed by atoms with Crippen LogP contribution in [0, 0.1) is 17.6 Å². The minimum absolute atomic E-state index is 0.325. The van der Waals surface area contributed by atoms with Gasteiger partial charge >= 0.3 is 0 Å².